The number of hydrogen-bond donors (Lipinski definition) is 1. The largest absolute Gasteiger partial charge is 0.479 e. The predicted molar refractivity (Wildman–Crippen MR) is 59.0 cm³/mol. The molecule has 1 N–H and O–H groups in total. The van der Waals surface area contributed by atoms with E-state index in [4.69, 9.17) is 9.84 Å². The quantitative estimate of drug-likeness (QED) is 0.840. The monoisotopic (exact) mass is 254 g/mol. The molecule has 0 fully saturated rings. The van der Waals surface area contributed by atoms with Crippen molar-refractivity contribution in [2.45, 2.75) is 13.5 Å². The minimum absolute atomic E-state index is 0.0334. The molecule has 1 aromatic rings. The van der Waals surface area contributed by atoms with Crippen molar-refractivity contribution in [2.24, 2.45) is 0 Å². The second-order valence-corrected chi connectivity index (χ2v) is 3.46. The van der Waals surface area contributed by atoms with Crippen LogP contribution in [-0.4, -0.2) is 11.7 Å². The summed E-state index contributed by atoms with van der Waals surface area (Å²) in [6.45, 7) is 2.07. The molecule has 0 saturated heterocycles. The molecule has 0 unspecified atom stereocenters. The number of benzene rings is 1. The minimum atomic E-state index is -0.0334. The lowest BCUT2D eigenvalue weighted by atomic mass is 10.2. The van der Waals surface area contributed by atoms with E-state index in [2.05, 4.69) is 27.8 Å². The van der Waals surface area contributed by atoms with Crippen LogP contribution in [-0.2, 0) is 6.61 Å². The molecule has 0 heterocycles. The first kappa shape index (κ1) is 11.1. The van der Waals surface area contributed by atoms with E-state index < -0.39 is 0 Å². The average Bonchev–Trinajstić information content (AvgIpc) is 2.20. The van der Waals surface area contributed by atoms with E-state index in [1.807, 2.05) is 18.2 Å². The normalized spacial score (nSPS) is 9.07. The molecule has 0 aliphatic carbocycles. The molecule has 1 aromatic carbocycles. The van der Waals surface area contributed by atoms with Crippen LogP contribution in [0.15, 0.2) is 22.7 Å². The third kappa shape index (κ3) is 2.76. The molecule has 0 aliphatic heterocycles. The summed E-state index contributed by atoms with van der Waals surface area (Å²) in [5.74, 6) is 6.21. The highest BCUT2D eigenvalue weighted by Crippen LogP contribution is 2.28. The van der Waals surface area contributed by atoms with Crippen molar-refractivity contribution in [1.82, 2.24) is 0 Å². The Bertz CT molecular complexity index is 363. The van der Waals surface area contributed by atoms with E-state index >= 15 is 0 Å². The molecular formula is C11H11BrO2. The molecule has 0 atom stereocenters. The maximum Gasteiger partial charge on any atom is 0.149 e. The molecule has 0 aromatic heterocycles. The van der Waals surface area contributed by atoms with Crippen LogP contribution in [0.3, 0.4) is 0 Å². The SMILES string of the molecule is CC#CCOc1c(Br)cccc1CO. The second kappa shape index (κ2) is 5.69. The number of ether oxygens (including phenoxy) is 1. The van der Waals surface area contributed by atoms with E-state index in [0.29, 0.717) is 12.4 Å². The summed E-state index contributed by atoms with van der Waals surface area (Å²) in [5, 5.41) is 9.06. The molecular weight excluding hydrogens is 244 g/mol. The van der Waals surface area contributed by atoms with Gasteiger partial charge in [-0.3, -0.25) is 0 Å². The number of hydrogen-bond acceptors (Lipinski definition) is 2. The Morgan fingerprint density at radius 2 is 2.29 bits per heavy atom. The maximum absolute atomic E-state index is 9.06. The van der Waals surface area contributed by atoms with Crippen LogP contribution in [0.1, 0.15) is 12.5 Å². The number of para-hydroxylation sites is 1. The molecule has 0 saturated carbocycles. The van der Waals surface area contributed by atoms with Gasteiger partial charge in [-0.05, 0) is 28.9 Å². The number of aliphatic hydroxyl groups is 1. The van der Waals surface area contributed by atoms with E-state index in [0.717, 1.165) is 10.0 Å². The fraction of sp³-hybridized carbons (Fsp3) is 0.273. The lowest BCUT2D eigenvalue weighted by molar-refractivity contribution is 0.270. The van der Waals surface area contributed by atoms with Gasteiger partial charge in [0.25, 0.3) is 0 Å². The zero-order valence-electron chi connectivity index (χ0n) is 7.88. The van der Waals surface area contributed by atoms with Crippen LogP contribution in [0.2, 0.25) is 0 Å². The molecule has 74 valence electrons. The summed E-state index contributed by atoms with van der Waals surface area (Å²) in [4.78, 5) is 0. The van der Waals surface area contributed by atoms with Crippen LogP contribution in [0.4, 0.5) is 0 Å². The van der Waals surface area contributed by atoms with Gasteiger partial charge in [0, 0.05) is 5.56 Å². The molecule has 0 spiro atoms. The van der Waals surface area contributed by atoms with Crippen LogP contribution >= 0.6 is 15.9 Å². The smallest absolute Gasteiger partial charge is 0.149 e. The Hall–Kier alpha value is -0.980. The van der Waals surface area contributed by atoms with Crippen LogP contribution in [0, 0.1) is 11.8 Å². The minimum Gasteiger partial charge on any atom is -0.479 e. The van der Waals surface area contributed by atoms with E-state index in [1.54, 1.807) is 6.92 Å². The second-order valence-electron chi connectivity index (χ2n) is 2.60. The Balaban J connectivity index is 2.85. The van der Waals surface area contributed by atoms with Gasteiger partial charge >= 0.3 is 0 Å². The summed E-state index contributed by atoms with van der Waals surface area (Å²) in [6.07, 6.45) is 0. The molecule has 1 rings (SSSR count). The summed E-state index contributed by atoms with van der Waals surface area (Å²) < 4.78 is 6.25. The molecule has 14 heavy (non-hydrogen) atoms. The Morgan fingerprint density at radius 3 is 2.93 bits per heavy atom. The summed E-state index contributed by atoms with van der Waals surface area (Å²) >= 11 is 3.36. The van der Waals surface area contributed by atoms with Gasteiger partial charge in [0.05, 0.1) is 11.1 Å². The Morgan fingerprint density at radius 1 is 1.50 bits per heavy atom. The van der Waals surface area contributed by atoms with Gasteiger partial charge in [-0.15, -0.1) is 5.92 Å². The van der Waals surface area contributed by atoms with Crippen molar-refractivity contribution in [3.8, 4) is 17.6 Å². The first-order chi connectivity index (χ1) is 6.79. The van der Waals surface area contributed by atoms with Crippen LogP contribution < -0.4 is 4.74 Å². The van der Waals surface area contributed by atoms with E-state index in [1.165, 1.54) is 0 Å². The van der Waals surface area contributed by atoms with Crippen LogP contribution in [0.5, 0.6) is 5.75 Å². The van der Waals surface area contributed by atoms with E-state index in [9.17, 15) is 0 Å². The summed E-state index contributed by atoms with van der Waals surface area (Å²) in [6, 6.07) is 5.54. The Labute approximate surface area is 92.0 Å². The number of halogens is 1. The highest BCUT2D eigenvalue weighted by Gasteiger charge is 2.05. The van der Waals surface area contributed by atoms with Crippen molar-refractivity contribution in [1.29, 1.82) is 0 Å². The van der Waals surface area contributed by atoms with Gasteiger partial charge in [-0.25, -0.2) is 0 Å². The van der Waals surface area contributed by atoms with Gasteiger partial charge in [0.1, 0.15) is 12.4 Å². The summed E-state index contributed by atoms with van der Waals surface area (Å²) in [5.41, 5.74) is 0.761. The van der Waals surface area contributed by atoms with Gasteiger partial charge in [0.15, 0.2) is 0 Å². The lowest BCUT2D eigenvalue weighted by Gasteiger charge is -2.09. The third-order valence-corrected chi connectivity index (χ3v) is 2.31. The van der Waals surface area contributed by atoms with Crippen molar-refractivity contribution < 1.29 is 9.84 Å². The Kier molecular flexibility index (Phi) is 4.51. The van der Waals surface area contributed by atoms with Gasteiger partial charge < -0.3 is 9.84 Å². The first-order valence-corrected chi connectivity index (χ1v) is 4.99. The van der Waals surface area contributed by atoms with Crippen molar-refractivity contribution in [3.05, 3.63) is 28.2 Å². The van der Waals surface area contributed by atoms with Crippen molar-refractivity contribution >= 4 is 15.9 Å². The zero-order valence-corrected chi connectivity index (χ0v) is 9.47. The van der Waals surface area contributed by atoms with Crippen LogP contribution in [0.25, 0.3) is 0 Å². The van der Waals surface area contributed by atoms with Crippen molar-refractivity contribution in [3.63, 3.8) is 0 Å². The fourth-order valence-electron chi connectivity index (χ4n) is 1.02. The van der Waals surface area contributed by atoms with Gasteiger partial charge in [0.2, 0.25) is 0 Å². The zero-order chi connectivity index (χ0) is 10.4. The highest BCUT2D eigenvalue weighted by atomic mass is 79.9. The molecule has 0 radical (unpaired) electrons. The maximum atomic E-state index is 9.06. The molecule has 0 amide bonds. The number of aliphatic hydroxyl groups excluding tert-OH is 1. The third-order valence-electron chi connectivity index (χ3n) is 1.68. The highest BCUT2D eigenvalue weighted by molar-refractivity contribution is 9.10. The summed E-state index contributed by atoms with van der Waals surface area (Å²) in [7, 11) is 0. The van der Waals surface area contributed by atoms with Gasteiger partial charge in [-0.2, -0.15) is 0 Å². The number of rotatable bonds is 3. The predicted octanol–water partition coefficient (Wildman–Crippen LogP) is 2.34. The van der Waals surface area contributed by atoms with Gasteiger partial charge in [-0.1, -0.05) is 18.1 Å². The molecule has 3 heteroatoms. The molecule has 2 nitrogen and oxygen atoms in total. The fourth-order valence-corrected chi connectivity index (χ4v) is 1.54. The standard InChI is InChI=1S/C11H11BrO2/c1-2-3-7-14-11-9(8-13)5-4-6-10(11)12/h4-6,13H,7-8H2,1H3. The lowest BCUT2D eigenvalue weighted by Crippen LogP contribution is -1.98. The van der Waals surface area contributed by atoms with E-state index in [-0.39, 0.29) is 6.61 Å². The molecule has 0 aliphatic rings. The first-order valence-electron chi connectivity index (χ1n) is 4.20. The molecule has 0 bridgehead atoms. The topological polar surface area (TPSA) is 29.5 Å². The average molecular weight is 255 g/mol. The van der Waals surface area contributed by atoms with Crippen molar-refractivity contribution in [2.75, 3.05) is 6.61 Å².